The Morgan fingerprint density at radius 1 is 0.656 bits per heavy atom. The second-order valence-electron chi connectivity index (χ2n) is 7.90. The molecule has 2 rings (SSSR count). The van der Waals surface area contributed by atoms with Gasteiger partial charge in [-0.25, -0.2) is 14.4 Å². The first-order chi connectivity index (χ1) is 14.9. The maximum absolute atomic E-state index is 12.1. The van der Waals surface area contributed by atoms with Gasteiger partial charge in [-0.05, 0) is 38.1 Å². The molecule has 0 atom stereocenters. The van der Waals surface area contributed by atoms with Crippen LogP contribution >= 0.6 is 0 Å². The molecule has 0 saturated carbocycles. The summed E-state index contributed by atoms with van der Waals surface area (Å²) in [5.74, 6) is -4.87. The largest absolute Gasteiger partial charge is 0.513 e. The molecule has 0 unspecified atom stereocenters. The van der Waals surface area contributed by atoms with E-state index in [0.29, 0.717) is 0 Å². The van der Waals surface area contributed by atoms with E-state index in [2.05, 4.69) is 0 Å². The maximum Gasteiger partial charge on any atom is 0.513 e. The van der Waals surface area contributed by atoms with E-state index in [1.165, 1.54) is 27.7 Å². The van der Waals surface area contributed by atoms with Crippen molar-refractivity contribution >= 4 is 18.1 Å². The van der Waals surface area contributed by atoms with Crippen LogP contribution in [0.5, 0.6) is 0 Å². The summed E-state index contributed by atoms with van der Waals surface area (Å²) < 4.78 is 10.0. The highest BCUT2D eigenvalue weighted by Crippen LogP contribution is 2.19. The van der Waals surface area contributed by atoms with Crippen LogP contribution in [0.25, 0.3) is 0 Å². The smallest absolute Gasteiger partial charge is 0.398 e. The zero-order valence-electron chi connectivity index (χ0n) is 18.8. The average molecular weight is 446 g/mol. The molecule has 2 aromatic rings. The minimum Gasteiger partial charge on any atom is -0.398 e. The number of ether oxygens (including phenoxy) is 2. The van der Waals surface area contributed by atoms with Crippen molar-refractivity contribution in [2.45, 2.75) is 53.1 Å². The first kappa shape index (κ1) is 24.8. The fraction of sp³-hybridized carbons (Fsp3) is 0.348. The van der Waals surface area contributed by atoms with Crippen molar-refractivity contribution in [1.82, 2.24) is 0 Å². The van der Waals surface area contributed by atoms with E-state index in [-0.39, 0.29) is 11.1 Å². The zero-order chi connectivity index (χ0) is 23.9. The lowest BCUT2D eigenvalue weighted by Crippen LogP contribution is -2.38. The molecule has 0 aromatic heterocycles. The average Bonchev–Trinajstić information content (AvgIpc) is 2.69. The highest BCUT2D eigenvalue weighted by atomic mass is 17.3. The Morgan fingerprint density at radius 2 is 1.03 bits per heavy atom. The minimum absolute atomic E-state index is 0.272. The maximum atomic E-state index is 12.1. The van der Waals surface area contributed by atoms with Crippen LogP contribution in [-0.4, -0.2) is 29.7 Å². The molecule has 0 heterocycles. The lowest BCUT2D eigenvalue weighted by molar-refractivity contribution is -0.391. The standard InChI is InChI=1S/C23H26O9/c1-15-9-7-11-17(13-15)19(24)29-31-22(3,4)27-21(26)28-23(5,6)32-30-20(25)18-12-8-10-16(2)14-18/h7-14H,1-6H3. The molecule has 0 N–H and O–H groups in total. The monoisotopic (exact) mass is 446 g/mol. The topological polar surface area (TPSA) is 107 Å². The van der Waals surface area contributed by atoms with Gasteiger partial charge in [0.05, 0.1) is 11.1 Å². The van der Waals surface area contributed by atoms with Gasteiger partial charge in [0.2, 0.25) is 0 Å². The second-order valence-corrected chi connectivity index (χ2v) is 7.90. The van der Waals surface area contributed by atoms with E-state index in [9.17, 15) is 14.4 Å². The molecule has 9 heteroatoms. The Balaban J connectivity index is 1.83. The molecule has 0 bridgehead atoms. The lowest BCUT2D eigenvalue weighted by Gasteiger charge is -2.26. The van der Waals surface area contributed by atoms with E-state index in [1.54, 1.807) is 36.4 Å². The number of carbonyl (C=O) groups is 3. The first-order valence-electron chi connectivity index (χ1n) is 9.72. The van der Waals surface area contributed by atoms with Gasteiger partial charge in [0, 0.05) is 27.7 Å². The summed E-state index contributed by atoms with van der Waals surface area (Å²) in [5, 5.41) is 0. The third-order valence-electron chi connectivity index (χ3n) is 3.80. The van der Waals surface area contributed by atoms with Crippen molar-refractivity contribution in [1.29, 1.82) is 0 Å². The van der Waals surface area contributed by atoms with E-state index in [4.69, 9.17) is 29.0 Å². The number of benzene rings is 2. The zero-order valence-corrected chi connectivity index (χ0v) is 18.8. The Labute approximate surface area is 186 Å². The van der Waals surface area contributed by atoms with Gasteiger partial charge in [-0.3, -0.25) is 9.78 Å². The summed E-state index contributed by atoms with van der Waals surface area (Å²) in [5.41, 5.74) is 2.27. The van der Waals surface area contributed by atoms with Crippen molar-refractivity contribution in [2.24, 2.45) is 0 Å². The molecular weight excluding hydrogens is 420 g/mol. The predicted octanol–water partition coefficient (Wildman–Crippen LogP) is 4.81. The summed E-state index contributed by atoms with van der Waals surface area (Å²) in [6.07, 6.45) is -1.21. The molecular formula is C23H26O9. The summed E-state index contributed by atoms with van der Waals surface area (Å²) in [6.45, 7) is 8.99. The normalized spacial score (nSPS) is 11.4. The van der Waals surface area contributed by atoms with Gasteiger partial charge in [-0.2, -0.15) is 0 Å². The molecule has 0 aliphatic rings. The number of carbonyl (C=O) groups excluding carboxylic acids is 3. The SMILES string of the molecule is Cc1cccc(C(=O)OOC(C)(C)OC(=O)OC(C)(C)OOC(=O)c2cccc(C)c2)c1. The predicted molar refractivity (Wildman–Crippen MR) is 111 cm³/mol. The second kappa shape index (κ2) is 10.3. The van der Waals surface area contributed by atoms with E-state index in [1.807, 2.05) is 26.0 Å². The van der Waals surface area contributed by atoms with Crippen molar-refractivity contribution in [3.05, 3.63) is 70.8 Å². The summed E-state index contributed by atoms with van der Waals surface area (Å²) in [6, 6.07) is 13.4. The van der Waals surface area contributed by atoms with Crippen LogP contribution in [0.4, 0.5) is 4.79 Å². The molecule has 0 spiro atoms. The number of hydrogen-bond donors (Lipinski definition) is 0. The van der Waals surface area contributed by atoms with E-state index in [0.717, 1.165) is 11.1 Å². The molecule has 0 amide bonds. The van der Waals surface area contributed by atoms with Gasteiger partial charge >= 0.3 is 18.1 Å². The molecule has 0 radical (unpaired) electrons. The highest BCUT2D eigenvalue weighted by molar-refractivity contribution is 5.89. The quantitative estimate of drug-likeness (QED) is 0.244. The highest BCUT2D eigenvalue weighted by Gasteiger charge is 2.34. The van der Waals surface area contributed by atoms with Crippen molar-refractivity contribution < 1.29 is 43.4 Å². The third kappa shape index (κ3) is 8.01. The number of rotatable bonds is 8. The fourth-order valence-electron chi connectivity index (χ4n) is 2.37. The van der Waals surface area contributed by atoms with Crippen molar-refractivity contribution in [3.8, 4) is 0 Å². The Kier molecular flexibility index (Phi) is 7.96. The van der Waals surface area contributed by atoms with Crippen molar-refractivity contribution in [3.63, 3.8) is 0 Å². The minimum atomic E-state index is -1.68. The van der Waals surface area contributed by atoms with Gasteiger partial charge in [0.1, 0.15) is 0 Å². The van der Waals surface area contributed by atoms with Crippen LogP contribution in [-0.2, 0) is 29.0 Å². The number of hydrogen-bond acceptors (Lipinski definition) is 9. The van der Waals surface area contributed by atoms with E-state index >= 15 is 0 Å². The van der Waals surface area contributed by atoms with Gasteiger partial charge in [-0.15, -0.1) is 9.78 Å². The molecule has 32 heavy (non-hydrogen) atoms. The van der Waals surface area contributed by atoms with Gasteiger partial charge in [-0.1, -0.05) is 35.4 Å². The molecule has 2 aromatic carbocycles. The Bertz CT molecular complexity index is 901. The van der Waals surface area contributed by atoms with Crippen LogP contribution < -0.4 is 0 Å². The lowest BCUT2D eigenvalue weighted by atomic mass is 10.1. The molecule has 0 aliphatic heterocycles. The van der Waals surface area contributed by atoms with Gasteiger partial charge in [0.25, 0.3) is 11.6 Å². The molecule has 0 aliphatic carbocycles. The molecule has 172 valence electrons. The van der Waals surface area contributed by atoms with Gasteiger partial charge in [0.15, 0.2) is 0 Å². The molecule has 0 saturated heterocycles. The molecule has 0 fully saturated rings. The van der Waals surface area contributed by atoms with Gasteiger partial charge < -0.3 is 9.47 Å². The third-order valence-corrected chi connectivity index (χ3v) is 3.80. The van der Waals surface area contributed by atoms with Crippen LogP contribution in [0.1, 0.15) is 59.5 Å². The van der Waals surface area contributed by atoms with E-state index < -0.39 is 29.7 Å². The van der Waals surface area contributed by atoms with Crippen LogP contribution in [0.15, 0.2) is 48.5 Å². The molecule has 9 nitrogen and oxygen atoms in total. The van der Waals surface area contributed by atoms with Crippen molar-refractivity contribution in [2.75, 3.05) is 0 Å². The van der Waals surface area contributed by atoms with Crippen LogP contribution in [0.3, 0.4) is 0 Å². The fourth-order valence-corrected chi connectivity index (χ4v) is 2.37. The van der Waals surface area contributed by atoms with Crippen LogP contribution in [0.2, 0.25) is 0 Å². The summed E-state index contributed by atoms with van der Waals surface area (Å²) in [4.78, 5) is 55.6. The summed E-state index contributed by atoms with van der Waals surface area (Å²) in [7, 11) is 0. The summed E-state index contributed by atoms with van der Waals surface area (Å²) >= 11 is 0. The Hall–Kier alpha value is -3.43. The Morgan fingerprint density at radius 3 is 1.38 bits per heavy atom. The van der Waals surface area contributed by atoms with Crippen LogP contribution in [0, 0.1) is 13.8 Å². The first-order valence-corrected chi connectivity index (χ1v) is 9.72. The number of aryl methyl sites for hydroxylation is 2.